The van der Waals surface area contributed by atoms with Crippen LogP contribution in [0.15, 0.2) is 36.8 Å². The molecule has 0 radical (unpaired) electrons. The third kappa shape index (κ3) is 1.04. The molecule has 0 aromatic rings. The van der Waals surface area contributed by atoms with Crippen LogP contribution >= 0.6 is 0 Å². The molecule has 0 aromatic carbocycles. The first kappa shape index (κ1) is 10.4. The molecule has 1 amide bonds. The van der Waals surface area contributed by atoms with Crippen LogP contribution in [0.5, 0.6) is 0 Å². The number of fused-ring (bicyclic) bond motifs is 1. The minimum Gasteiger partial charge on any atom is -0.465 e. The Bertz CT molecular complexity index is 440. The van der Waals surface area contributed by atoms with Crippen molar-refractivity contribution < 1.29 is 19.4 Å². The molecule has 0 aromatic heterocycles. The number of aliphatic hydroxyl groups is 1. The third-order valence-electron chi connectivity index (χ3n) is 2.54. The van der Waals surface area contributed by atoms with E-state index in [1.54, 1.807) is 0 Å². The SMILES string of the molecule is C=CN1C=CN2C(=O)C=C(C(=O)OC)[C@@]12O. The smallest absolute Gasteiger partial charge is 0.340 e. The van der Waals surface area contributed by atoms with Crippen LogP contribution in [-0.2, 0) is 14.3 Å². The van der Waals surface area contributed by atoms with Crippen molar-refractivity contribution >= 4 is 11.9 Å². The molecule has 84 valence electrons. The monoisotopic (exact) mass is 222 g/mol. The molecule has 2 aliphatic heterocycles. The Labute approximate surface area is 91.7 Å². The molecular weight excluding hydrogens is 212 g/mol. The van der Waals surface area contributed by atoms with Gasteiger partial charge in [0.2, 0.25) is 0 Å². The van der Waals surface area contributed by atoms with Gasteiger partial charge in [0.25, 0.3) is 11.8 Å². The Balaban J connectivity index is 2.48. The van der Waals surface area contributed by atoms with E-state index >= 15 is 0 Å². The van der Waals surface area contributed by atoms with Gasteiger partial charge in [-0.15, -0.1) is 0 Å². The zero-order valence-corrected chi connectivity index (χ0v) is 8.58. The molecule has 6 heteroatoms. The molecule has 1 N–H and O–H groups in total. The summed E-state index contributed by atoms with van der Waals surface area (Å²) in [4.78, 5) is 25.3. The van der Waals surface area contributed by atoms with Crippen LogP contribution in [0.1, 0.15) is 0 Å². The molecule has 0 aliphatic carbocycles. The molecule has 6 nitrogen and oxygen atoms in total. The second kappa shape index (κ2) is 3.21. The Morgan fingerprint density at radius 1 is 1.62 bits per heavy atom. The van der Waals surface area contributed by atoms with Crippen LogP contribution in [0.4, 0.5) is 0 Å². The number of nitrogens with zero attached hydrogens (tertiary/aromatic N) is 2. The Hall–Kier alpha value is -2.08. The fourth-order valence-corrected chi connectivity index (χ4v) is 1.75. The van der Waals surface area contributed by atoms with E-state index in [1.807, 2.05) is 0 Å². The summed E-state index contributed by atoms with van der Waals surface area (Å²) in [6, 6.07) is 0. The van der Waals surface area contributed by atoms with Gasteiger partial charge in [0.15, 0.2) is 0 Å². The van der Waals surface area contributed by atoms with Crippen molar-refractivity contribution in [1.29, 1.82) is 0 Å². The molecule has 0 fully saturated rings. The lowest BCUT2D eigenvalue weighted by molar-refractivity contribution is -0.155. The van der Waals surface area contributed by atoms with Gasteiger partial charge in [-0.2, -0.15) is 0 Å². The van der Waals surface area contributed by atoms with Gasteiger partial charge in [-0.3, -0.25) is 9.69 Å². The summed E-state index contributed by atoms with van der Waals surface area (Å²) >= 11 is 0. The number of amides is 1. The van der Waals surface area contributed by atoms with E-state index in [4.69, 9.17) is 0 Å². The summed E-state index contributed by atoms with van der Waals surface area (Å²) in [6.45, 7) is 3.49. The maximum absolute atomic E-state index is 11.5. The highest BCUT2D eigenvalue weighted by molar-refractivity contribution is 6.05. The van der Waals surface area contributed by atoms with Gasteiger partial charge in [-0.1, -0.05) is 6.58 Å². The summed E-state index contributed by atoms with van der Waals surface area (Å²) in [6.07, 6.45) is 5.18. The summed E-state index contributed by atoms with van der Waals surface area (Å²) in [5.74, 6) is -3.08. The van der Waals surface area contributed by atoms with Crippen LogP contribution < -0.4 is 0 Å². The normalized spacial score (nSPS) is 26.9. The molecule has 2 rings (SSSR count). The number of hydrogen-bond acceptors (Lipinski definition) is 5. The second-order valence-electron chi connectivity index (χ2n) is 3.28. The van der Waals surface area contributed by atoms with Gasteiger partial charge in [0.1, 0.15) is 5.57 Å². The lowest BCUT2D eigenvalue weighted by atomic mass is 10.1. The van der Waals surface area contributed by atoms with Crippen LogP contribution in [0.25, 0.3) is 0 Å². The van der Waals surface area contributed by atoms with Crippen molar-refractivity contribution in [2.45, 2.75) is 5.85 Å². The van der Waals surface area contributed by atoms with E-state index in [0.717, 1.165) is 11.0 Å². The van der Waals surface area contributed by atoms with Gasteiger partial charge >= 0.3 is 5.97 Å². The molecule has 0 spiro atoms. The van der Waals surface area contributed by atoms with Crippen LogP contribution in [0.2, 0.25) is 0 Å². The number of esters is 1. The lowest BCUT2D eigenvalue weighted by Crippen LogP contribution is -2.52. The predicted octanol–water partition coefficient (Wildman–Crippen LogP) is -0.496. The molecule has 2 aliphatic rings. The Morgan fingerprint density at radius 2 is 2.31 bits per heavy atom. The van der Waals surface area contributed by atoms with Gasteiger partial charge in [0, 0.05) is 24.7 Å². The van der Waals surface area contributed by atoms with Gasteiger partial charge in [-0.05, 0) is 0 Å². The zero-order valence-electron chi connectivity index (χ0n) is 8.58. The maximum atomic E-state index is 11.5. The summed E-state index contributed by atoms with van der Waals surface area (Å²) in [5.41, 5.74) is -0.134. The van der Waals surface area contributed by atoms with Crippen molar-refractivity contribution in [1.82, 2.24) is 9.80 Å². The summed E-state index contributed by atoms with van der Waals surface area (Å²) in [7, 11) is 1.18. The van der Waals surface area contributed by atoms with Crippen molar-refractivity contribution in [3.05, 3.63) is 36.8 Å². The average molecular weight is 222 g/mol. The van der Waals surface area contributed by atoms with Gasteiger partial charge in [-0.25, -0.2) is 4.79 Å². The number of ether oxygens (including phenoxy) is 1. The van der Waals surface area contributed by atoms with Crippen molar-refractivity contribution in [2.24, 2.45) is 0 Å². The maximum Gasteiger partial charge on any atom is 0.340 e. The van der Waals surface area contributed by atoms with Crippen LogP contribution in [0.3, 0.4) is 0 Å². The Morgan fingerprint density at radius 3 is 2.88 bits per heavy atom. The first-order valence-electron chi connectivity index (χ1n) is 4.51. The molecule has 16 heavy (non-hydrogen) atoms. The molecule has 2 heterocycles. The largest absolute Gasteiger partial charge is 0.465 e. The first-order chi connectivity index (χ1) is 7.55. The number of carbonyl (C=O) groups excluding carboxylic acids is 2. The quantitative estimate of drug-likeness (QED) is 0.638. The molecule has 0 bridgehead atoms. The predicted molar refractivity (Wildman–Crippen MR) is 53.1 cm³/mol. The van der Waals surface area contributed by atoms with E-state index in [-0.39, 0.29) is 5.57 Å². The third-order valence-corrected chi connectivity index (χ3v) is 2.54. The molecule has 1 atom stereocenters. The Kier molecular flexibility index (Phi) is 2.09. The highest BCUT2D eigenvalue weighted by Gasteiger charge is 2.54. The number of hydrogen-bond donors (Lipinski definition) is 1. The molecule has 0 saturated carbocycles. The fourth-order valence-electron chi connectivity index (χ4n) is 1.75. The summed E-state index contributed by atoms with van der Waals surface area (Å²) in [5, 5.41) is 10.4. The van der Waals surface area contributed by atoms with Crippen molar-refractivity contribution in [3.63, 3.8) is 0 Å². The molecule has 0 saturated heterocycles. The number of methoxy groups -OCH3 is 1. The van der Waals surface area contributed by atoms with Crippen molar-refractivity contribution in [3.8, 4) is 0 Å². The topological polar surface area (TPSA) is 70.1 Å². The van der Waals surface area contributed by atoms with E-state index in [9.17, 15) is 14.7 Å². The summed E-state index contributed by atoms with van der Waals surface area (Å²) < 4.78 is 4.51. The van der Waals surface area contributed by atoms with Crippen LogP contribution in [0, 0.1) is 0 Å². The minimum absolute atomic E-state index is 0.134. The number of carbonyl (C=O) groups is 2. The van der Waals surface area contributed by atoms with E-state index in [0.29, 0.717) is 0 Å². The highest BCUT2D eigenvalue weighted by atomic mass is 16.5. The standard InChI is InChI=1S/C10H10N2O4/c1-3-11-4-5-12-8(13)6-7(9(14)16-2)10(11,12)15/h3-6,15H,1H2,2H3/t10-/m1/s1. The van der Waals surface area contributed by atoms with E-state index in [2.05, 4.69) is 11.3 Å². The van der Waals surface area contributed by atoms with Gasteiger partial charge in [0.05, 0.1) is 7.11 Å². The minimum atomic E-state index is -1.84. The van der Waals surface area contributed by atoms with E-state index < -0.39 is 17.7 Å². The average Bonchev–Trinajstić information content (AvgIpc) is 2.73. The van der Waals surface area contributed by atoms with E-state index in [1.165, 1.54) is 30.6 Å². The zero-order chi connectivity index (χ0) is 11.9. The second-order valence-corrected chi connectivity index (χ2v) is 3.28. The lowest BCUT2D eigenvalue weighted by Gasteiger charge is -2.34. The first-order valence-corrected chi connectivity index (χ1v) is 4.51. The highest BCUT2D eigenvalue weighted by Crippen LogP contribution is 2.37. The van der Waals surface area contributed by atoms with Crippen molar-refractivity contribution in [2.75, 3.05) is 7.11 Å². The number of rotatable bonds is 2. The molecular formula is C10H10N2O4. The fraction of sp³-hybridized carbons (Fsp3) is 0.200. The van der Waals surface area contributed by atoms with Crippen LogP contribution in [-0.4, -0.2) is 39.7 Å². The van der Waals surface area contributed by atoms with Gasteiger partial charge < -0.3 is 14.7 Å². The molecule has 0 unspecified atom stereocenters.